The van der Waals surface area contributed by atoms with Crippen molar-refractivity contribution in [1.29, 1.82) is 0 Å². The second-order valence-electron chi connectivity index (χ2n) is 8.02. The van der Waals surface area contributed by atoms with E-state index in [2.05, 4.69) is 35.9 Å². The average Bonchev–Trinajstić information content (AvgIpc) is 3.33. The Morgan fingerprint density at radius 1 is 0.946 bits per heavy atom. The highest BCUT2D eigenvalue weighted by Gasteiger charge is 2.25. The van der Waals surface area contributed by atoms with Crippen LogP contribution in [0.15, 0.2) is 22.5 Å². The number of hydrogen-bond acceptors (Lipinski definition) is 8. The summed E-state index contributed by atoms with van der Waals surface area (Å²) in [5.41, 5.74) is 27.6. The number of H-pyrrole nitrogens is 1. The van der Waals surface area contributed by atoms with Gasteiger partial charge in [-0.1, -0.05) is 0 Å². The Bertz CT molecular complexity index is 942. The molecule has 0 aliphatic rings. The van der Waals surface area contributed by atoms with Crippen LogP contribution in [0.4, 0.5) is 0 Å². The molecule has 0 bridgehead atoms. The lowest BCUT2D eigenvalue weighted by Crippen LogP contribution is -2.53. The van der Waals surface area contributed by atoms with Crippen LogP contribution in [0.5, 0.6) is 0 Å². The van der Waals surface area contributed by atoms with Crippen LogP contribution in [0.3, 0.4) is 0 Å². The number of hydrogen-bond donors (Lipinski definition) is 10. The molecule has 0 radical (unpaired) electrons. The Labute approximate surface area is 213 Å². The summed E-state index contributed by atoms with van der Waals surface area (Å²) in [4.78, 5) is 63.3. The summed E-state index contributed by atoms with van der Waals surface area (Å²) < 4.78 is 0. The molecule has 0 aromatic carbocycles. The normalized spacial score (nSPS) is 12.9. The maximum absolute atomic E-state index is 12.7. The summed E-state index contributed by atoms with van der Waals surface area (Å²) in [7, 11) is 0. The van der Waals surface area contributed by atoms with E-state index < -0.39 is 48.4 Å². The van der Waals surface area contributed by atoms with E-state index >= 15 is 0 Å². The smallest absolute Gasteiger partial charge is 0.326 e. The van der Waals surface area contributed by atoms with Crippen molar-refractivity contribution in [2.24, 2.45) is 38.7 Å². The van der Waals surface area contributed by atoms with Gasteiger partial charge in [0.1, 0.15) is 12.1 Å². The van der Waals surface area contributed by atoms with Crippen LogP contribution in [0, 0.1) is 0 Å². The first kappa shape index (κ1) is 30.6. The fourth-order valence-corrected chi connectivity index (χ4v) is 3.07. The number of imidazole rings is 1. The van der Waals surface area contributed by atoms with Gasteiger partial charge in [-0.3, -0.25) is 24.4 Å². The standard InChI is InChI=1S/C20H36N12O5/c21-12(7-11-8-26-10-30-11)16(34)32-13(3-1-5-27-19(22)23)17(35)29-9-15(33)31-14(18(36)37)4-2-6-28-20(24)25/h8,10,12-14H,1-7,9,21H2,(H,26,30)(H,29,35)(H,31,33)(H,32,34)(H,36,37)(H4,22,23,27)(H4,24,25,28). The molecule has 0 fully saturated rings. The van der Waals surface area contributed by atoms with E-state index in [4.69, 9.17) is 28.7 Å². The van der Waals surface area contributed by atoms with Gasteiger partial charge in [0.25, 0.3) is 0 Å². The molecule has 37 heavy (non-hydrogen) atoms. The van der Waals surface area contributed by atoms with Crippen molar-refractivity contribution in [3.8, 4) is 0 Å². The van der Waals surface area contributed by atoms with E-state index in [0.717, 1.165) is 0 Å². The van der Waals surface area contributed by atoms with Crippen LogP contribution in [-0.2, 0) is 25.6 Å². The van der Waals surface area contributed by atoms with Gasteiger partial charge in [0, 0.05) is 31.4 Å². The highest BCUT2D eigenvalue weighted by molar-refractivity contribution is 5.92. The molecule has 1 rings (SSSR count). The first-order valence-corrected chi connectivity index (χ1v) is 11.4. The predicted octanol–water partition coefficient (Wildman–Crippen LogP) is -4.44. The molecule has 17 heteroatoms. The van der Waals surface area contributed by atoms with Gasteiger partial charge in [0.2, 0.25) is 17.7 Å². The zero-order chi connectivity index (χ0) is 27.8. The zero-order valence-corrected chi connectivity index (χ0v) is 20.4. The first-order valence-electron chi connectivity index (χ1n) is 11.4. The summed E-state index contributed by atoms with van der Waals surface area (Å²) in [6.07, 6.45) is 4.01. The van der Waals surface area contributed by atoms with Crippen LogP contribution in [0.2, 0.25) is 0 Å². The number of rotatable bonds is 17. The fraction of sp³-hybridized carbons (Fsp3) is 0.550. The van der Waals surface area contributed by atoms with Crippen LogP contribution >= 0.6 is 0 Å². The topological polar surface area (TPSA) is 308 Å². The van der Waals surface area contributed by atoms with Crippen molar-refractivity contribution in [2.45, 2.75) is 50.2 Å². The maximum atomic E-state index is 12.7. The Morgan fingerprint density at radius 3 is 2.05 bits per heavy atom. The number of nitrogens with one attached hydrogen (secondary N) is 4. The lowest BCUT2D eigenvalue weighted by atomic mass is 10.1. The lowest BCUT2D eigenvalue weighted by molar-refractivity contribution is -0.142. The second-order valence-corrected chi connectivity index (χ2v) is 8.02. The van der Waals surface area contributed by atoms with Crippen molar-refractivity contribution in [2.75, 3.05) is 19.6 Å². The largest absolute Gasteiger partial charge is 0.480 e. The van der Waals surface area contributed by atoms with Crippen molar-refractivity contribution >= 4 is 35.6 Å². The molecule has 206 valence electrons. The van der Waals surface area contributed by atoms with Crippen LogP contribution in [0.25, 0.3) is 0 Å². The quantitative estimate of drug-likeness (QED) is 0.0526. The number of carbonyl (C=O) groups is 4. The lowest BCUT2D eigenvalue weighted by Gasteiger charge is -2.21. The SMILES string of the molecule is NC(N)=NCCCC(NC(=O)CNC(=O)C(CCCN=C(N)N)NC(=O)C(N)Cc1cnc[nH]1)C(=O)O. The van der Waals surface area contributed by atoms with Gasteiger partial charge < -0.3 is 54.7 Å². The van der Waals surface area contributed by atoms with E-state index in [1.54, 1.807) is 0 Å². The number of carboxylic acid groups (broad SMARTS) is 1. The van der Waals surface area contributed by atoms with Gasteiger partial charge in [0.15, 0.2) is 11.9 Å². The number of aliphatic imine (C=N–C) groups is 2. The Kier molecular flexibility index (Phi) is 13.5. The second kappa shape index (κ2) is 16.3. The van der Waals surface area contributed by atoms with E-state index in [0.29, 0.717) is 18.5 Å². The maximum Gasteiger partial charge on any atom is 0.326 e. The summed E-state index contributed by atoms with van der Waals surface area (Å²) in [6.45, 7) is -0.109. The third kappa shape index (κ3) is 13.3. The first-order chi connectivity index (χ1) is 17.5. The average molecular weight is 525 g/mol. The minimum absolute atomic E-state index is 0.0729. The molecule has 3 amide bonds. The molecule has 0 saturated heterocycles. The number of aromatic nitrogens is 2. The predicted molar refractivity (Wildman–Crippen MR) is 135 cm³/mol. The third-order valence-electron chi connectivity index (χ3n) is 4.91. The van der Waals surface area contributed by atoms with Gasteiger partial charge in [-0.2, -0.15) is 0 Å². The molecule has 1 heterocycles. The summed E-state index contributed by atoms with van der Waals surface area (Å²) in [5, 5.41) is 16.6. The molecule has 15 N–H and O–H groups in total. The van der Waals surface area contributed by atoms with E-state index in [1.165, 1.54) is 12.5 Å². The van der Waals surface area contributed by atoms with E-state index in [-0.39, 0.29) is 44.3 Å². The summed E-state index contributed by atoms with van der Waals surface area (Å²) in [6, 6.07) is -3.21. The van der Waals surface area contributed by atoms with Crippen LogP contribution in [0.1, 0.15) is 31.4 Å². The minimum atomic E-state index is -1.25. The molecule has 0 aliphatic carbocycles. The van der Waals surface area contributed by atoms with Crippen molar-refractivity contribution < 1.29 is 24.3 Å². The number of nitrogens with zero attached hydrogens (tertiary/aromatic N) is 3. The van der Waals surface area contributed by atoms with E-state index in [9.17, 15) is 24.3 Å². The Hall–Kier alpha value is -4.41. The molecule has 3 atom stereocenters. The van der Waals surface area contributed by atoms with Gasteiger partial charge >= 0.3 is 5.97 Å². The Balaban J connectivity index is 2.68. The van der Waals surface area contributed by atoms with Crippen molar-refractivity contribution in [3.63, 3.8) is 0 Å². The van der Waals surface area contributed by atoms with Gasteiger partial charge in [-0.15, -0.1) is 0 Å². The molecule has 3 unspecified atom stereocenters. The monoisotopic (exact) mass is 524 g/mol. The number of carboxylic acids is 1. The molecule has 0 aliphatic heterocycles. The van der Waals surface area contributed by atoms with Crippen LogP contribution in [-0.4, -0.2) is 88.4 Å². The van der Waals surface area contributed by atoms with Crippen molar-refractivity contribution in [3.05, 3.63) is 18.2 Å². The fourth-order valence-electron chi connectivity index (χ4n) is 3.07. The molecule has 17 nitrogen and oxygen atoms in total. The molecule has 1 aromatic heterocycles. The van der Waals surface area contributed by atoms with Gasteiger partial charge in [0.05, 0.1) is 18.9 Å². The molecule has 0 saturated carbocycles. The number of nitrogens with two attached hydrogens (primary N) is 5. The summed E-state index contributed by atoms with van der Waals surface area (Å²) in [5.74, 6) is -3.48. The third-order valence-corrected chi connectivity index (χ3v) is 4.91. The summed E-state index contributed by atoms with van der Waals surface area (Å²) >= 11 is 0. The van der Waals surface area contributed by atoms with Gasteiger partial charge in [-0.25, -0.2) is 9.78 Å². The highest BCUT2D eigenvalue weighted by atomic mass is 16.4. The molecule has 1 aromatic rings. The van der Waals surface area contributed by atoms with Crippen LogP contribution < -0.4 is 44.6 Å². The molecular weight excluding hydrogens is 488 g/mol. The number of aromatic amines is 1. The number of carbonyl (C=O) groups excluding carboxylic acids is 3. The minimum Gasteiger partial charge on any atom is -0.480 e. The van der Waals surface area contributed by atoms with Crippen molar-refractivity contribution in [1.82, 2.24) is 25.9 Å². The zero-order valence-electron chi connectivity index (χ0n) is 20.4. The molecule has 0 spiro atoms. The van der Waals surface area contributed by atoms with E-state index in [1.807, 2.05) is 0 Å². The Morgan fingerprint density at radius 2 is 1.54 bits per heavy atom. The number of aliphatic carboxylic acids is 1. The highest BCUT2D eigenvalue weighted by Crippen LogP contribution is 2.02. The van der Waals surface area contributed by atoms with Gasteiger partial charge in [-0.05, 0) is 25.7 Å². The molecular formula is C20H36N12O5. The number of guanidine groups is 2. The number of amides is 3.